The maximum Gasteiger partial charge on any atom is 0.335 e. The molecule has 1 saturated carbocycles. The molecule has 4 heterocycles. The van der Waals surface area contributed by atoms with Crippen molar-refractivity contribution in [1.82, 2.24) is 14.7 Å². The van der Waals surface area contributed by atoms with Crippen LogP contribution in [0, 0.1) is 17.7 Å². The highest BCUT2D eigenvalue weighted by Gasteiger charge is 2.69. The Hall–Kier alpha value is -3.66. The van der Waals surface area contributed by atoms with Gasteiger partial charge < -0.3 is 15.2 Å². The first kappa shape index (κ1) is 26.9. The van der Waals surface area contributed by atoms with Crippen LogP contribution in [0.15, 0.2) is 54.6 Å². The molecule has 43 heavy (non-hydrogen) atoms. The van der Waals surface area contributed by atoms with Gasteiger partial charge in [-0.1, -0.05) is 41.4 Å². The number of benzene rings is 3. The Bertz CT molecular complexity index is 1860. The van der Waals surface area contributed by atoms with E-state index in [1.54, 1.807) is 35.0 Å². The molecule has 1 saturated heterocycles. The number of ether oxygens (including phenoxy) is 1. The number of fused-ring (bicyclic) bond motifs is 6. The van der Waals surface area contributed by atoms with Crippen LogP contribution in [0.1, 0.15) is 47.2 Å². The average molecular weight is 621 g/mol. The van der Waals surface area contributed by atoms with Crippen LogP contribution in [0.4, 0.5) is 10.1 Å². The summed E-state index contributed by atoms with van der Waals surface area (Å²) in [6.07, 6.45) is 1.70. The number of hydrogen-bond acceptors (Lipinski definition) is 5. The lowest BCUT2D eigenvalue weighted by Gasteiger charge is -2.41. The zero-order valence-corrected chi connectivity index (χ0v) is 24.6. The van der Waals surface area contributed by atoms with Crippen molar-refractivity contribution in [3.05, 3.63) is 87.2 Å². The number of anilines is 1. The lowest BCUT2D eigenvalue weighted by Crippen LogP contribution is -2.55. The first-order valence-corrected chi connectivity index (χ1v) is 15.2. The molecule has 220 valence electrons. The van der Waals surface area contributed by atoms with Gasteiger partial charge in [-0.15, -0.1) is 0 Å². The Morgan fingerprint density at radius 1 is 1.19 bits per heavy atom. The standard InChI is InChI=1S/C32H27Cl2FN4O4/c1-15-28-21(14-39-29(43-15)19-9-7-17(30(40)41)11-24(19)37-39)26(20-3-2-4-23(34)27(20)35)32(38(28)13-16-5-6-16)22-10-8-18(33)12-25(22)36-31(32)42/h2-4,7-12,15-16,21,26,28H,5-6,13-14H2,1H3,(H,36,42)(H,40,41)/t15-,21+,26+,28+,32-/m1/s1. The lowest BCUT2D eigenvalue weighted by molar-refractivity contribution is -0.128. The van der Waals surface area contributed by atoms with E-state index >= 15 is 4.39 Å². The van der Waals surface area contributed by atoms with Crippen molar-refractivity contribution < 1.29 is 23.8 Å². The largest absolute Gasteiger partial charge is 0.478 e. The number of halogens is 3. The smallest absolute Gasteiger partial charge is 0.335 e. The Kier molecular flexibility index (Phi) is 5.90. The molecule has 3 aliphatic heterocycles. The third-order valence-electron chi connectivity index (χ3n) is 9.68. The summed E-state index contributed by atoms with van der Waals surface area (Å²) >= 11 is 12.8. The monoisotopic (exact) mass is 620 g/mol. The van der Waals surface area contributed by atoms with Crippen LogP contribution in [-0.4, -0.2) is 50.4 Å². The molecule has 0 unspecified atom stereocenters. The van der Waals surface area contributed by atoms with Gasteiger partial charge in [0.2, 0.25) is 11.8 Å². The SMILES string of the molecule is C[C@H]1Oc2c3ccc(C(=O)O)cc3nn2C[C@@H]2[C@H]1N(CC1CC1)[C@@]1(C(=O)Nc3cc(Cl)ccc31)[C@H]2c1cccc(Cl)c1F. The number of carbonyl (C=O) groups excluding carboxylic acids is 1. The summed E-state index contributed by atoms with van der Waals surface area (Å²) in [5.41, 5.74) is 1.10. The normalized spacial score (nSPS) is 27.9. The zero-order valence-electron chi connectivity index (χ0n) is 23.1. The van der Waals surface area contributed by atoms with Crippen LogP contribution in [0.5, 0.6) is 5.88 Å². The van der Waals surface area contributed by atoms with Crippen LogP contribution in [0.25, 0.3) is 10.9 Å². The highest BCUT2D eigenvalue weighted by Crippen LogP contribution is 2.62. The van der Waals surface area contributed by atoms with Crippen LogP contribution < -0.4 is 10.1 Å². The molecule has 8 nitrogen and oxygen atoms in total. The van der Waals surface area contributed by atoms with Gasteiger partial charge in [0, 0.05) is 41.2 Å². The van der Waals surface area contributed by atoms with E-state index in [1.165, 1.54) is 18.2 Å². The van der Waals surface area contributed by atoms with Crippen molar-refractivity contribution in [2.45, 2.75) is 49.9 Å². The second kappa shape index (κ2) is 9.42. The maximum atomic E-state index is 16.2. The van der Waals surface area contributed by atoms with E-state index < -0.39 is 29.3 Å². The first-order chi connectivity index (χ1) is 20.7. The zero-order chi connectivity index (χ0) is 29.8. The third-order valence-corrected chi connectivity index (χ3v) is 10.2. The summed E-state index contributed by atoms with van der Waals surface area (Å²) in [6.45, 7) is 2.95. The van der Waals surface area contributed by atoms with Crippen molar-refractivity contribution in [2.24, 2.45) is 11.8 Å². The van der Waals surface area contributed by atoms with Crippen LogP contribution in [0.3, 0.4) is 0 Å². The lowest BCUT2D eigenvalue weighted by atomic mass is 9.71. The number of carbonyl (C=O) groups is 2. The van der Waals surface area contributed by atoms with E-state index in [-0.39, 0.29) is 28.5 Å². The molecule has 0 bridgehead atoms. The van der Waals surface area contributed by atoms with Crippen LogP contribution in [-0.2, 0) is 16.9 Å². The predicted molar refractivity (Wildman–Crippen MR) is 159 cm³/mol. The summed E-state index contributed by atoms with van der Waals surface area (Å²) in [5.74, 6) is -1.87. The molecule has 11 heteroatoms. The van der Waals surface area contributed by atoms with Gasteiger partial charge in [0.15, 0.2) is 0 Å². The molecule has 1 aromatic heterocycles. The highest BCUT2D eigenvalue weighted by atomic mass is 35.5. The number of aromatic carboxylic acids is 1. The predicted octanol–water partition coefficient (Wildman–Crippen LogP) is 6.30. The molecule has 5 atom stereocenters. The highest BCUT2D eigenvalue weighted by molar-refractivity contribution is 6.31. The van der Waals surface area contributed by atoms with Crippen LogP contribution in [0.2, 0.25) is 10.0 Å². The van der Waals surface area contributed by atoms with Gasteiger partial charge in [0.1, 0.15) is 17.5 Å². The van der Waals surface area contributed by atoms with E-state index in [9.17, 15) is 14.7 Å². The number of aromatic nitrogens is 2. The van der Waals surface area contributed by atoms with E-state index in [1.807, 2.05) is 13.0 Å². The number of likely N-dealkylation sites (tertiary alicyclic amines) is 1. The molecule has 1 amide bonds. The minimum Gasteiger partial charge on any atom is -0.478 e. The molecule has 2 N–H and O–H groups in total. The van der Waals surface area contributed by atoms with Gasteiger partial charge in [0.25, 0.3) is 0 Å². The number of rotatable bonds is 4. The summed E-state index contributed by atoms with van der Waals surface area (Å²) in [5, 5.41) is 18.6. The molecule has 4 aromatic rings. The fourth-order valence-electron chi connectivity index (χ4n) is 7.85. The van der Waals surface area contributed by atoms with Gasteiger partial charge in [-0.25, -0.2) is 13.9 Å². The topological polar surface area (TPSA) is 96.7 Å². The van der Waals surface area contributed by atoms with E-state index in [2.05, 4.69) is 10.2 Å². The van der Waals surface area contributed by atoms with E-state index in [0.717, 1.165) is 18.4 Å². The first-order valence-electron chi connectivity index (χ1n) is 14.4. The summed E-state index contributed by atoms with van der Waals surface area (Å²) in [7, 11) is 0. The summed E-state index contributed by atoms with van der Waals surface area (Å²) in [4.78, 5) is 28.4. The fourth-order valence-corrected chi connectivity index (χ4v) is 8.20. The minimum atomic E-state index is -1.25. The molecule has 0 radical (unpaired) electrons. The summed E-state index contributed by atoms with van der Waals surface area (Å²) < 4.78 is 24.6. The molecular formula is C32H27Cl2FN4O4. The molecular weight excluding hydrogens is 594 g/mol. The molecule has 8 rings (SSSR count). The van der Waals surface area contributed by atoms with E-state index in [4.69, 9.17) is 33.0 Å². The number of nitrogens with one attached hydrogen (secondary N) is 1. The molecule has 4 aliphatic rings. The van der Waals surface area contributed by atoms with Gasteiger partial charge in [-0.3, -0.25) is 9.69 Å². The molecule has 2 fully saturated rings. The van der Waals surface area contributed by atoms with Crippen molar-refractivity contribution in [2.75, 3.05) is 11.9 Å². The quantitative estimate of drug-likeness (QED) is 0.278. The van der Waals surface area contributed by atoms with Gasteiger partial charge in [-0.2, -0.15) is 5.10 Å². The second-order valence-corrected chi connectivity index (χ2v) is 13.0. The number of amides is 1. The van der Waals surface area contributed by atoms with Crippen molar-refractivity contribution in [3.63, 3.8) is 0 Å². The number of carboxylic acid groups (broad SMARTS) is 1. The Morgan fingerprint density at radius 2 is 2.00 bits per heavy atom. The molecule has 3 aromatic carbocycles. The van der Waals surface area contributed by atoms with Gasteiger partial charge >= 0.3 is 5.97 Å². The van der Waals surface area contributed by atoms with Crippen molar-refractivity contribution >= 4 is 51.7 Å². The number of hydrogen-bond donors (Lipinski definition) is 2. The number of carboxylic acids is 1. The van der Waals surface area contributed by atoms with Gasteiger partial charge in [-0.05, 0) is 67.6 Å². The second-order valence-electron chi connectivity index (χ2n) is 12.1. The molecule has 1 spiro atoms. The fraction of sp³-hybridized carbons (Fsp3) is 0.344. The third kappa shape index (κ3) is 3.81. The Morgan fingerprint density at radius 3 is 2.77 bits per heavy atom. The Labute approximate surface area is 256 Å². The van der Waals surface area contributed by atoms with Crippen molar-refractivity contribution in [3.8, 4) is 5.88 Å². The van der Waals surface area contributed by atoms with Gasteiger partial charge in [0.05, 0.1) is 27.5 Å². The Balaban J connectivity index is 1.38. The average Bonchev–Trinajstić information content (AvgIpc) is 3.62. The minimum absolute atomic E-state index is 0.00999. The van der Waals surface area contributed by atoms with Crippen molar-refractivity contribution in [1.29, 1.82) is 0 Å². The maximum absolute atomic E-state index is 16.2. The van der Waals surface area contributed by atoms with Crippen LogP contribution >= 0.6 is 23.2 Å². The number of nitrogens with zero attached hydrogens (tertiary/aromatic N) is 3. The molecule has 1 aliphatic carbocycles. The van der Waals surface area contributed by atoms with E-state index in [0.29, 0.717) is 52.1 Å². The summed E-state index contributed by atoms with van der Waals surface area (Å²) in [6, 6.07) is 14.9.